The zero-order chi connectivity index (χ0) is 33.6. The third-order valence-electron chi connectivity index (χ3n) is 7.49. The number of rotatable bonds is 6. The number of anilines is 2. The number of aromatic nitrogens is 1. The lowest BCUT2D eigenvalue weighted by atomic mass is 10.0. The lowest BCUT2D eigenvalue weighted by Crippen LogP contribution is -2.71. The maximum atomic E-state index is 13.4. The molecule has 3 aliphatic heterocycles. The number of hydrogen-bond acceptors (Lipinski definition) is 12. The number of allylic oxidation sites excluding steroid dienone is 1. The first-order valence-corrected chi connectivity index (χ1v) is 15.6. The summed E-state index contributed by atoms with van der Waals surface area (Å²) in [5, 5.41) is 16.9. The molecule has 2 atom stereocenters. The van der Waals surface area contributed by atoms with E-state index in [9.17, 15) is 42.4 Å². The third-order valence-corrected chi connectivity index (χ3v) is 9.47. The summed E-state index contributed by atoms with van der Waals surface area (Å²) in [7, 11) is 0. The van der Waals surface area contributed by atoms with E-state index in [-0.39, 0.29) is 40.7 Å². The summed E-state index contributed by atoms with van der Waals surface area (Å²) < 4.78 is 43.1. The molecule has 47 heavy (non-hydrogen) atoms. The van der Waals surface area contributed by atoms with Gasteiger partial charge in [-0.05, 0) is 41.0 Å². The molecule has 13 nitrogen and oxygen atoms in total. The lowest BCUT2D eigenvalue weighted by molar-refractivity contribution is -0.201. The zero-order valence-corrected chi connectivity index (χ0v) is 25.3. The van der Waals surface area contributed by atoms with Crippen molar-refractivity contribution >= 4 is 80.1 Å². The first-order valence-electron chi connectivity index (χ1n) is 13.6. The van der Waals surface area contributed by atoms with Gasteiger partial charge in [0.25, 0.3) is 17.7 Å². The second-order valence-electron chi connectivity index (χ2n) is 10.3. The Morgan fingerprint density at radius 1 is 1.15 bits per heavy atom. The van der Waals surface area contributed by atoms with Crippen LogP contribution in [-0.4, -0.2) is 80.4 Å². The molecule has 3 amide bonds. The normalized spacial score (nSPS) is 20.8. The van der Waals surface area contributed by atoms with Crippen LogP contribution < -0.4 is 16.0 Å². The first kappa shape index (κ1) is 31.7. The van der Waals surface area contributed by atoms with Crippen LogP contribution >= 0.6 is 23.1 Å². The van der Waals surface area contributed by atoms with Gasteiger partial charge in [0.05, 0.1) is 0 Å². The number of carbonyl (C=O) groups excluding carboxylic acids is 5. The van der Waals surface area contributed by atoms with Crippen LogP contribution in [0.2, 0.25) is 0 Å². The molecule has 0 aliphatic carbocycles. The molecule has 2 aromatic carbocycles. The largest absolute Gasteiger partial charge is 0.491 e. The van der Waals surface area contributed by atoms with E-state index in [4.69, 9.17) is 5.73 Å². The molecule has 2 saturated heterocycles. The van der Waals surface area contributed by atoms with Crippen molar-refractivity contribution in [2.75, 3.05) is 22.9 Å². The van der Waals surface area contributed by atoms with Gasteiger partial charge in [0, 0.05) is 28.9 Å². The van der Waals surface area contributed by atoms with Crippen molar-refractivity contribution in [1.82, 2.24) is 15.2 Å². The van der Waals surface area contributed by atoms with E-state index in [1.54, 1.807) is 6.07 Å². The number of β-lactam (4-membered cyclic amide) rings is 1. The number of hydrogen-bond donors (Lipinski definition) is 3. The summed E-state index contributed by atoms with van der Waals surface area (Å²) in [6.07, 6.45) is -3.98. The number of oxime groups is 1. The summed E-state index contributed by atoms with van der Waals surface area (Å²) in [5.41, 5.74) is 5.06. The van der Waals surface area contributed by atoms with Crippen molar-refractivity contribution in [2.24, 2.45) is 5.16 Å². The number of thiazole rings is 1. The van der Waals surface area contributed by atoms with Crippen molar-refractivity contribution in [3.8, 4) is 0 Å². The summed E-state index contributed by atoms with van der Waals surface area (Å²) in [4.78, 5) is 70.4. The molecular weight excluding hydrogens is 665 g/mol. The molecule has 4 heterocycles. The fourth-order valence-corrected chi connectivity index (χ4v) is 7.16. The molecular formula is C29H21F3N6O7S2. The summed E-state index contributed by atoms with van der Waals surface area (Å²) in [6.45, 7) is 0.272. The Balaban J connectivity index is 1.28. The molecule has 2 fully saturated rings. The van der Waals surface area contributed by atoms with Crippen LogP contribution in [0, 0.1) is 0 Å². The number of alkyl halides is 3. The van der Waals surface area contributed by atoms with Gasteiger partial charge in [0.15, 0.2) is 10.8 Å². The van der Waals surface area contributed by atoms with Gasteiger partial charge in [-0.2, -0.15) is 13.2 Å². The monoisotopic (exact) mass is 686 g/mol. The topological polar surface area (TPSA) is 185 Å². The van der Waals surface area contributed by atoms with E-state index in [1.165, 1.54) is 16.4 Å². The van der Waals surface area contributed by atoms with E-state index in [0.717, 1.165) is 38.8 Å². The molecule has 4 N–H and O–H groups in total. The van der Waals surface area contributed by atoms with Crippen LogP contribution in [-0.2, 0) is 28.7 Å². The Morgan fingerprint density at radius 3 is 2.57 bits per heavy atom. The third kappa shape index (κ3) is 5.92. The fourth-order valence-electron chi connectivity index (χ4n) is 5.30. The van der Waals surface area contributed by atoms with Gasteiger partial charge < -0.3 is 25.9 Å². The highest BCUT2D eigenvalue weighted by Gasteiger charge is 2.55. The van der Waals surface area contributed by atoms with Gasteiger partial charge in [-0.3, -0.25) is 19.3 Å². The fraction of sp³-hybridized carbons (Fsp3) is 0.207. The number of ether oxygens (including phenoxy) is 1. The van der Waals surface area contributed by atoms with Gasteiger partial charge in [-0.1, -0.05) is 35.5 Å². The number of fused-ring (bicyclic) bond motifs is 2. The summed E-state index contributed by atoms with van der Waals surface area (Å²) in [5.74, 6) is -7.02. The van der Waals surface area contributed by atoms with E-state index >= 15 is 0 Å². The van der Waals surface area contributed by atoms with Gasteiger partial charge in [-0.15, -0.1) is 23.1 Å². The van der Waals surface area contributed by atoms with E-state index in [1.807, 2.05) is 36.4 Å². The number of nitrogens with two attached hydrogens (primary N) is 1. The highest BCUT2D eigenvalue weighted by atomic mass is 32.2. The average molecular weight is 687 g/mol. The Morgan fingerprint density at radius 2 is 1.89 bits per heavy atom. The van der Waals surface area contributed by atoms with Crippen LogP contribution in [0.25, 0.3) is 10.8 Å². The Kier molecular flexibility index (Phi) is 8.22. The van der Waals surface area contributed by atoms with E-state index in [0.29, 0.717) is 5.69 Å². The predicted octanol–water partition coefficient (Wildman–Crippen LogP) is 2.71. The Hall–Kier alpha value is -5.23. The smallest absolute Gasteiger partial charge is 0.410 e. The minimum atomic E-state index is -5.51. The van der Waals surface area contributed by atoms with Crippen molar-refractivity contribution in [3.63, 3.8) is 0 Å². The lowest BCUT2D eigenvalue weighted by Gasteiger charge is -2.49. The van der Waals surface area contributed by atoms with Gasteiger partial charge in [0.2, 0.25) is 0 Å². The second kappa shape index (κ2) is 12.2. The number of benzene rings is 2. The number of esters is 2. The number of amides is 3. The van der Waals surface area contributed by atoms with Crippen molar-refractivity contribution < 1.29 is 47.1 Å². The first-order chi connectivity index (χ1) is 22.4. The molecule has 6 rings (SSSR count). The van der Waals surface area contributed by atoms with Gasteiger partial charge in [0.1, 0.15) is 22.8 Å². The summed E-state index contributed by atoms with van der Waals surface area (Å²) in [6, 6.07) is 11.7. The maximum absolute atomic E-state index is 13.4. The molecule has 1 aromatic heterocycles. The summed E-state index contributed by atoms with van der Waals surface area (Å²) >= 11 is 2.00. The van der Waals surface area contributed by atoms with Crippen LogP contribution in [0.4, 0.5) is 24.0 Å². The van der Waals surface area contributed by atoms with Crippen LogP contribution in [0.3, 0.4) is 0 Å². The standard InChI is InChI=1S/C29H21F3N6O7S2/c30-29(31,32)27(43)45-26(42)21-16(9-15-7-8-37(23(15)40)17-6-5-13-3-1-2-4-14(13)10-17)11-46-25-20(24(41)38(21)25)35-22(39)19(36-44)18-12-47-28(33)34-18/h1-6,9-10,12,20,25,44H,7-8,11H2,(H2,33,34)(H,35,39)/b15-9?,36-19-/t20-,25-/m1/s1. The zero-order valence-electron chi connectivity index (χ0n) is 23.7. The molecule has 0 radical (unpaired) electrons. The molecule has 18 heteroatoms. The quantitative estimate of drug-likeness (QED) is 0.0663. The SMILES string of the molecule is Nc1nc(/C(=N/O)C(=O)N[C@@H]2C(=O)N3C(C(=O)OC(=O)C(F)(F)F)=C(C=C4CCN(c5ccc6ccccc6c5)C4=O)CS[C@H]23)cs1. The predicted molar refractivity (Wildman–Crippen MR) is 163 cm³/mol. The van der Waals surface area contributed by atoms with Gasteiger partial charge >= 0.3 is 18.1 Å². The van der Waals surface area contributed by atoms with Crippen molar-refractivity contribution in [3.05, 3.63) is 76.5 Å². The number of nitrogens with one attached hydrogen (secondary N) is 1. The van der Waals surface area contributed by atoms with Gasteiger partial charge in [-0.25, -0.2) is 14.6 Å². The molecule has 0 spiro atoms. The number of halogens is 3. The van der Waals surface area contributed by atoms with E-state index in [2.05, 4.69) is 20.2 Å². The van der Waals surface area contributed by atoms with Crippen molar-refractivity contribution in [2.45, 2.75) is 24.0 Å². The molecule has 3 aliphatic rings. The Bertz CT molecular complexity index is 1960. The molecule has 0 saturated carbocycles. The highest BCUT2D eigenvalue weighted by Crippen LogP contribution is 2.42. The number of thioether (sulfide) groups is 1. The minimum absolute atomic E-state index is 0.0244. The van der Waals surface area contributed by atoms with E-state index < -0.39 is 58.7 Å². The number of nitrogen functional groups attached to an aromatic ring is 1. The van der Waals surface area contributed by atoms with Crippen molar-refractivity contribution in [1.29, 1.82) is 0 Å². The Labute approximate surface area is 270 Å². The maximum Gasteiger partial charge on any atom is 0.491 e. The molecule has 0 bridgehead atoms. The van der Waals surface area contributed by atoms with Crippen LogP contribution in [0.1, 0.15) is 12.1 Å². The average Bonchev–Trinajstić information content (AvgIpc) is 3.63. The highest BCUT2D eigenvalue weighted by molar-refractivity contribution is 8.00. The second-order valence-corrected chi connectivity index (χ2v) is 12.3. The number of carbonyl (C=O) groups is 5. The van der Waals surface area contributed by atoms with Crippen LogP contribution in [0.15, 0.2) is 75.9 Å². The molecule has 242 valence electrons. The minimum Gasteiger partial charge on any atom is -0.410 e. The number of nitrogens with zero attached hydrogens (tertiary/aromatic N) is 4. The molecule has 3 aromatic rings. The van der Waals surface area contributed by atoms with Crippen LogP contribution in [0.5, 0.6) is 0 Å². The molecule has 0 unspecified atom stereocenters.